The second-order valence-corrected chi connectivity index (χ2v) is 10.1. The van der Waals surface area contributed by atoms with Gasteiger partial charge in [0.1, 0.15) is 5.82 Å². The summed E-state index contributed by atoms with van der Waals surface area (Å²) in [5, 5.41) is 3.72. The Hall–Kier alpha value is -4.34. The molecule has 7 rings (SSSR count). The summed E-state index contributed by atoms with van der Waals surface area (Å²) in [6.45, 7) is 0. The molecule has 3 heteroatoms. The number of thiophene rings is 1. The molecule has 36 heavy (non-hydrogen) atoms. The van der Waals surface area contributed by atoms with Gasteiger partial charge in [-0.1, -0.05) is 72.8 Å². The molecule has 0 atom stereocenters. The fourth-order valence-electron chi connectivity index (χ4n) is 4.86. The maximum Gasteiger partial charge on any atom is 0.123 e. The highest BCUT2D eigenvalue weighted by atomic mass is 32.1. The van der Waals surface area contributed by atoms with Crippen LogP contribution in [0.4, 0.5) is 4.39 Å². The van der Waals surface area contributed by atoms with Crippen molar-refractivity contribution in [3.05, 3.63) is 127 Å². The van der Waals surface area contributed by atoms with E-state index in [4.69, 9.17) is 4.98 Å². The number of hydrogen-bond acceptors (Lipinski definition) is 2. The van der Waals surface area contributed by atoms with E-state index in [-0.39, 0.29) is 5.82 Å². The van der Waals surface area contributed by atoms with Gasteiger partial charge in [0.15, 0.2) is 0 Å². The molecule has 2 heterocycles. The Kier molecular flexibility index (Phi) is 4.90. The number of pyridine rings is 1. The molecule has 7 aromatic rings. The molecule has 0 bridgehead atoms. The van der Waals surface area contributed by atoms with Crippen molar-refractivity contribution >= 4 is 42.4 Å². The van der Waals surface area contributed by atoms with Gasteiger partial charge in [0, 0.05) is 37.3 Å². The van der Waals surface area contributed by atoms with E-state index in [1.165, 1.54) is 43.4 Å². The van der Waals surface area contributed by atoms with Crippen LogP contribution >= 0.6 is 11.3 Å². The molecular weight excluding hydrogens is 461 g/mol. The van der Waals surface area contributed by atoms with E-state index in [0.29, 0.717) is 0 Å². The lowest BCUT2D eigenvalue weighted by molar-refractivity contribution is 0.628. The minimum atomic E-state index is -0.228. The van der Waals surface area contributed by atoms with Gasteiger partial charge in [0.2, 0.25) is 0 Å². The van der Waals surface area contributed by atoms with Crippen molar-refractivity contribution < 1.29 is 4.39 Å². The second kappa shape index (κ2) is 8.40. The zero-order valence-corrected chi connectivity index (χ0v) is 20.1. The monoisotopic (exact) mass is 481 g/mol. The average Bonchev–Trinajstić information content (AvgIpc) is 3.31. The van der Waals surface area contributed by atoms with E-state index in [1.807, 2.05) is 17.5 Å². The van der Waals surface area contributed by atoms with E-state index in [9.17, 15) is 4.39 Å². The summed E-state index contributed by atoms with van der Waals surface area (Å²) in [6, 6.07) is 39.0. The molecule has 2 aromatic heterocycles. The Bertz CT molecular complexity index is 1880. The SMILES string of the molecule is Fc1ccc(-c2ccc3cc(-c4ccc(-c5ccc6sc7ccccc7c6c5)cc4)cnc3c2)cc1. The Morgan fingerprint density at radius 1 is 0.500 bits per heavy atom. The van der Waals surface area contributed by atoms with Crippen LogP contribution in [0.2, 0.25) is 0 Å². The molecule has 5 aromatic carbocycles. The third kappa shape index (κ3) is 3.65. The van der Waals surface area contributed by atoms with Crippen LogP contribution in [0.25, 0.3) is 64.5 Å². The number of fused-ring (bicyclic) bond motifs is 4. The molecule has 0 amide bonds. The van der Waals surface area contributed by atoms with Crippen LogP contribution < -0.4 is 0 Å². The quantitative estimate of drug-likeness (QED) is 0.245. The highest BCUT2D eigenvalue weighted by Crippen LogP contribution is 2.36. The fraction of sp³-hybridized carbons (Fsp3) is 0. The molecule has 0 aliphatic carbocycles. The van der Waals surface area contributed by atoms with Crippen LogP contribution in [0.1, 0.15) is 0 Å². The van der Waals surface area contributed by atoms with Gasteiger partial charge in [-0.25, -0.2) is 4.39 Å². The zero-order chi connectivity index (χ0) is 24.1. The molecule has 0 radical (unpaired) electrons. The van der Waals surface area contributed by atoms with E-state index in [0.717, 1.165) is 33.2 Å². The van der Waals surface area contributed by atoms with E-state index >= 15 is 0 Å². The molecule has 1 nitrogen and oxygen atoms in total. The maximum absolute atomic E-state index is 13.3. The third-order valence-corrected chi connectivity index (χ3v) is 7.94. The topological polar surface area (TPSA) is 12.9 Å². The zero-order valence-electron chi connectivity index (χ0n) is 19.3. The number of hydrogen-bond donors (Lipinski definition) is 0. The lowest BCUT2D eigenvalue weighted by Crippen LogP contribution is -1.86. The van der Waals surface area contributed by atoms with E-state index < -0.39 is 0 Å². The minimum Gasteiger partial charge on any atom is -0.256 e. The van der Waals surface area contributed by atoms with Crippen molar-refractivity contribution in [1.82, 2.24) is 4.98 Å². The molecule has 0 N–H and O–H groups in total. The number of nitrogens with zero attached hydrogens (tertiary/aromatic N) is 1. The third-order valence-electron chi connectivity index (χ3n) is 6.79. The molecule has 0 spiro atoms. The fourth-order valence-corrected chi connectivity index (χ4v) is 5.95. The van der Waals surface area contributed by atoms with Crippen LogP contribution in [-0.2, 0) is 0 Å². The van der Waals surface area contributed by atoms with Crippen molar-refractivity contribution in [2.75, 3.05) is 0 Å². The number of rotatable bonds is 3. The first-order chi connectivity index (χ1) is 17.7. The number of halogens is 1. The van der Waals surface area contributed by atoms with Gasteiger partial charge in [0.25, 0.3) is 0 Å². The maximum atomic E-state index is 13.3. The highest BCUT2D eigenvalue weighted by molar-refractivity contribution is 7.25. The molecule has 0 aliphatic rings. The number of aromatic nitrogens is 1. The molecule has 0 saturated heterocycles. The predicted octanol–water partition coefficient (Wildman–Crippen LogP) is 9.74. The molecule has 0 aliphatic heterocycles. The largest absolute Gasteiger partial charge is 0.256 e. The Labute approximate surface area is 212 Å². The molecule has 170 valence electrons. The first-order valence-corrected chi connectivity index (χ1v) is 12.7. The van der Waals surface area contributed by atoms with Crippen LogP contribution in [0.15, 0.2) is 121 Å². The van der Waals surface area contributed by atoms with Crippen LogP contribution in [0, 0.1) is 5.82 Å². The van der Waals surface area contributed by atoms with Gasteiger partial charge in [-0.2, -0.15) is 0 Å². The van der Waals surface area contributed by atoms with Gasteiger partial charge in [-0.15, -0.1) is 11.3 Å². The van der Waals surface area contributed by atoms with E-state index in [1.54, 1.807) is 12.1 Å². The molecule has 0 unspecified atom stereocenters. The Morgan fingerprint density at radius 2 is 1.11 bits per heavy atom. The lowest BCUT2D eigenvalue weighted by Gasteiger charge is -2.08. The Balaban J connectivity index is 1.20. The standard InChI is InChI=1S/C33H20FNS/c34-28-14-11-22(12-15-28)25-9-10-26-17-27(20-35-31(26)19-25)23-7-5-21(6-8-23)24-13-16-33-30(18-24)29-3-1-2-4-32(29)36-33/h1-20H. The highest BCUT2D eigenvalue weighted by Gasteiger charge is 2.08. The van der Waals surface area contributed by atoms with Crippen molar-refractivity contribution in [3.8, 4) is 33.4 Å². The van der Waals surface area contributed by atoms with Crippen molar-refractivity contribution in [2.45, 2.75) is 0 Å². The average molecular weight is 482 g/mol. The summed E-state index contributed by atoms with van der Waals surface area (Å²) >= 11 is 1.84. The summed E-state index contributed by atoms with van der Waals surface area (Å²) in [5.74, 6) is -0.228. The van der Waals surface area contributed by atoms with Gasteiger partial charge in [-0.05, 0) is 70.3 Å². The molecule has 0 fully saturated rings. The summed E-state index contributed by atoms with van der Waals surface area (Å²) in [5.41, 5.74) is 7.58. The lowest BCUT2D eigenvalue weighted by atomic mass is 9.98. The van der Waals surface area contributed by atoms with Crippen molar-refractivity contribution in [1.29, 1.82) is 0 Å². The molecule has 0 saturated carbocycles. The van der Waals surface area contributed by atoms with Gasteiger partial charge in [0.05, 0.1) is 5.52 Å². The van der Waals surface area contributed by atoms with E-state index in [2.05, 4.69) is 91.0 Å². The van der Waals surface area contributed by atoms with Gasteiger partial charge in [-0.3, -0.25) is 4.98 Å². The number of benzene rings is 5. The van der Waals surface area contributed by atoms with Gasteiger partial charge < -0.3 is 0 Å². The minimum absolute atomic E-state index is 0.228. The molecular formula is C33H20FNS. The smallest absolute Gasteiger partial charge is 0.123 e. The van der Waals surface area contributed by atoms with Crippen LogP contribution in [0.5, 0.6) is 0 Å². The van der Waals surface area contributed by atoms with Crippen molar-refractivity contribution in [2.24, 2.45) is 0 Å². The summed E-state index contributed by atoms with van der Waals surface area (Å²) < 4.78 is 15.9. The van der Waals surface area contributed by atoms with Crippen molar-refractivity contribution in [3.63, 3.8) is 0 Å². The normalized spacial score (nSPS) is 11.5. The predicted molar refractivity (Wildman–Crippen MR) is 151 cm³/mol. The summed E-state index contributed by atoms with van der Waals surface area (Å²) in [6.07, 6.45) is 1.93. The Morgan fingerprint density at radius 3 is 1.92 bits per heavy atom. The van der Waals surface area contributed by atoms with Crippen LogP contribution in [-0.4, -0.2) is 4.98 Å². The first-order valence-electron chi connectivity index (χ1n) is 11.9. The first kappa shape index (κ1) is 21.0. The summed E-state index contributed by atoms with van der Waals surface area (Å²) in [4.78, 5) is 4.73. The van der Waals surface area contributed by atoms with Crippen LogP contribution in [0.3, 0.4) is 0 Å². The summed E-state index contributed by atoms with van der Waals surface area (Å²) in [7, 11) is 0. The second-order valence-electron chi connectivity index (χ2n) is 9.02. The van der Waals surface area contributed by atoms with Gasteiger partial charge >= 0.3 is 0 Å².